The number of carboxylic acids is 2. The van der Waals surface area contributed by atoms with Gasteiger partial charge in [0.1, 0.15) is 0 Å². The fraction of sp³-hybridized carbons (Fsp3) is 0.750. The number of hydrogen-bond acceptors (Lipinski definition) is 4. The summed E-state index contributed by atoms with van der Waals surface area (Å²) in [5, 5.41) is 15.4. The molecule has 0 unspecified atom stereocenters. The van der Waals surface area contributed by atoms with Crippen molar-refractivity contribution < 1.29 is 19.8 Å². The first kappa shape index (κ1) is 19.2. The third-order valence-corrected chi connectivity index (χ3v) is 2.10. The van der Waals surface area contributed by atoms with E-state index in [9.17, 15) is 9.59 Å². The molecule has 0 heterocycles. The Morgan fingerprint density at radius 1 is 0.929 bits per heavy atom. The fourth-order valence-electron chi connectivity index (χ4n) is 0. The lowest BCUT2D eigenvalue weighted by Gasteiger charge is -1.71. The maximum absolute atomic E-state index is 9.37. The molecule has 0 aromatic heterocycles. The Bertz CT molecular complexity index is 123. The molecule has 6 heteroatoms. The zero-order chi connectivity index (χ0) is 12.0. The quantitative estimate of drug-likeness (QED) is 0.741. The molecule has 0 aliphatic carbocycles. The Hall–Kier alpha value is -0.360. The van der Waals surface area contributed by atoms with Gasteiger partial charge in [0.2, 0.25) is 0 Å². The Balaban J connectivity index is -0.000000131. The van der Waals surface area contributed by atoms with Crippen molar-refractivity contribution in [3.05, 3.63) is 0 Å². The van der Waals surface area contributed by atoms with E-state index in [2.05, 4.69) is 12.5 Å². The van der Waals surface area contributed by atoms with Crippen molar-refractivity contribution in [3.63, 3.8) is 0 Å². The molecule has 14 heavy (non-hydrogen) atoms. The van der Waals surface area contributed by atoms with E-state index in [1.165, 1.54) is 0 Å². The maximum atomic E-state index is 9.37. The van der Waals surface area contributed by atoms with Crippen LogP contribution in [0, 0.1) is 0 Å². The van der Waals surface area contributed by atoms with Gasteiger partial charge >= 0.3 is 11.9 Å². The van der Waals surface area contributed by atoms with Crippen molar-refractivity contribution in [2.75, 3.05) is 12.5 Å². The molecule has 0 rings (SSSR count). The zero-order valence-corrected chi connectivity index (χ0v) is 10.6. The third kappa shape index (κ3) is 61.2. The second-order valence-electron chi connectivity index (χ2n) is 1.83. The van der Waals surface area contributed by atoms with Crippen LogP contribution in [0.15, 0.2) is 0 Å². The molecule has 0 aromatic rings. The van der Waals surface area contributed by atoms with E-state index >= 15 is 0 Å². The molecule has 86 valence electrons. The van der Waals surface area contributed by atoms with Crippen LogP contribution in [0.1, 0.15) is 26.7 Å². The molecule has 0 aromatic carbocycles. The summed E-state index contributed by atoms with van der Waals surface area (Å²) in [5.41, 5.74) is 0. The van der Waals surface area contributed by atoms with Crippen molar-refractivity contribution in [1.82, 2.24) is 0 Å². The second kappa shape index (κ2) is 18.4. The van der Waals surface area contributed by atoms with E-state index in [0.717, 1.165) is 0 Å². The lowest BCUT2D eigenvalue weighted by molar-refractivity contribution is -0.137. The van der Waals surface area contributed by atoms with Gasteiger partial charge in [0.05, 0.1) is 0 Å². The highest BCUT2D eigenvalue weighted by atomic mass is 33.1. The van der Waals surface area contributed by atoms with Crippen LogP contribution in [0.25, 0.3) is 0 Å². The van der Waals surface area contributed by atoms with Crippen molar-refractivity contribution in [2.45, 2.75) is 26.7 Å². The lowest BCUT2D eigenvalue weighted by atomic mass is 10.5. The predicted octanol–water partition coefficient (Wildman–Crippen LogP) is 2.59. The van der Waals surface area contributed by atoms with E-state index in [4.69, 9.17) is 10.2 Å². The first-order valence-electron chi connectivity index (χ1n) is 3.96. The van der Waals surface area contributed by atoms with Crippen LogP contribution in [0.5, 0.6) is 0 Å². The minimum atomic E-state index is -0.745. The molecule has 0 aliphatic rings. The average molecular weight is 242 g/mol. The topological polar surface area (TPSA) is 74.6 Å². The SMILES string of the molecule is CCC(=O)O.CCC(=O)O.CSSC. The van der Waals surface area contributed by atoms with Crippen LogP contribution in [0.2, 0.25) is 0 Å². The monoisotopic (exact) mass is 242 g/mol. The summed E-state index contributed by atoms with van der Waals surface area (Å²) in [7, 11) is 3.55. The Morgan fingerprint density at radius 3 is 1.07 bits per heavy atom. The fourth-order valence-corrected chi connectivity index (χ4v) is 0. The second-order valence-corrected chi connectivity index (χ2v) is 4.49. The van der Waals surface area contributed by atoms with Crippen LogP contribution in [0.4, 0.5) is 0 Å². The van der Waals surface area contributed by atoms with Crippen LogP contribution < -0.4 is 0 Å². The van der Waals surface area contributed by atoms with Gasteiger partial charge in [0, 0.05) is 12.8 Å². The number of carboxylic acid groups (broad SMARTS) is 2. The molecule has 2 N–H and O–H groups in total. The van der Waals surface area contributed by atoms with Gasteiger partial charge in [-0.05, 0) is 12.5 Å². The number of aliphatic carboxylic acids is 2. The minimum Gasteiger partial charge on any atom is -0.481 e. The summed E-state index contributed by atoms with van der Waals surface area (Å²) in [6, 6.07) is 0. The van der Waals surface area contributed by atoms with Gasteiger partial charge in [-0.3, -0.25) is 9.59 Å². The number of carbonyl (C=O) groups is 2. The first-order valence-corrected chi connectivity index (χ1v) is 6.93. The zero-order valence-electron chi connectivity index (χ0n) is 8.94. The first-order chi connectivity index (χ1) is 6.45. The Kier molecular flexibility index (Phi) is 25.3. The van der Waals surface area contributed by atoms with E-state index in [-0.39, 0.29) is 12.8 Å². The van der Waals surface area contributed by atoms with E-state index in [1.807, 2.05) is 0 Å². The highest BCUT2D eigenvalue weighted by Gasteiger charge is 1.81. The Morgan fingerprint density at radius 2 is 1.07 bits per heavy atom. The summed E-state index contributed by atoms with van der Waals surface area (Å²) in [5.74, 6) is -1.49. The summed E-state index contributed by atoms with van der Waals surface area (Å²) in [6.07, 6.45) is 4.56. The minimum absolute atomic E-state index is 0.222. The van der Waals surface area contributed by atoms with E-state index < -0.39 is 11.9 Å². The number of rotatable bonds is 3. The van der Waals surface area contributed by atoms with Gasteiger partial charge in [-0.2, -0.15) is 0 Å². The van der Waals surface area contributed by atoms with Gasteiger partial charge in [-0.1, -0.05) is 35.4 Å². The van der Waals surface area contributed by atoms with Crippen molar-refractivity contribution in [2.24, 2.45) is 0 Å². The summed E-state index contributed by atoms with van der Waals surface area (Å²) >= 11 is 0. The predicted molar refractivity (Wildman–Crippen MR) is 62.9 cm³/mol. The van der Waals surface area contributed by atoms with Gasteiger partial charge in [-0.15, -0.1) is 0 Å². The molecular weight excluding hydrogens is 224 g/mol. The van der Waals surface area contributed by atoms with Gasteiger partial charge in [0.15, 0.2) is 0 Å². The van der Waals surface area contributed by atoms with Crippen LogP contribution in [-0.4, -0.2) is 34.7 Å². The molecular formula is C8H18O4S2. The maximum Gasteiger partial charge on any atom is 0.303 e. The van der Waals surface area contributed by atoms with Crippen LogP contribution in [0.3, 0.4) is 0 Å². The van der Waals surface area contributed by atoms with Crippen molar-refractivity contribution in [3.8, 4) is 0 Å². The normalized spacial score (nSPS) is 7.43. The Labute approximate surface area is 92.9 Å². The van der Waals surface area contributed by atoms with Crippen LogP contribution in [-0.2, 0) is 9.59 Å². The average Bonchev–Trinajstić information content (AvgIpc) is 2.19. The summed E-state index contributed by atoms with van der Waals surface area (Å²) in [4.78, 5) is 18.7. The number of hydrogen-bond donors (Lipinski definition) is 2. The van der Waals surface area contributed by atoms with E-state index in [1.54, 1.807) is 35.4 Å². The molecule has 0 bridgehead atoms. The van der Waals surface area contributed by atoms with Crippen molar-refractivity contribution in [1.29, 1.82) is 0 Å². The third-order valence-electron chi connectivity index (χ3n) is 0.772. The van der Waals surface area contributed by atoms with Gasteiger partial charge < -0.3 is 10.2 Å². The van der Waals surface area contributed by atoms with E-state index in [0.29, 0.717) is 0 Å². The smallest absolute Gasteiger partial charge is 0.303 e. The van der Waals surface area contributed by atoms with Gasteiger partial charge in [0.25, 0.3) is 0 Å². The molecule has 0 spiro atoms. The van der Waals surface area contributed by atoms with Gasteiger partial charge in [-0.25, -0.2) is 0 Å². The highest BCUT2D eigenvalue weighted by Crippen LogP contribution is 2.09. The largest absolute Gasteiger partial charge is 0.481 e. The highest BCUT2D eigenvalue weighted by molar-refractivity contribution is 8.76. The standard InChI is InChI=1S/2C3H6O2.C2H6S2/c2*1-2-3(4)5;1-3-4-2/h2*2H2,1H3,(H,4,5);1-2H3. The summed E-state index contributed by atoms with van der Waals surface area (Å²) < 4.78 is 0. The molecule has 4 nitrogen and oxygen atoms in total. The molecule has 0 atom stereocenters. The molecule has 0 radical (unpaired) electrons. The lowest BCUT2D eigenvalue weighted by Crippen LogP contribution is -1.86. The molecule has 0 saturated carbocycles. The molecule has 0 saturated heterocycles. The summed E-state index contributed by atoms with van der Waals surface area (Å²) in [6.45, 7) is 3.20. The van der Waals surface area contributed by atoms with Crippen LogP contribution >= 0.6 is 21.6 Å². The molecule has 0 fully saturated rings. The molecule has 0 amide bonds. The molecule has 0 aliphatic heterocycles. The van der Waals surface area contributed by atoms with Crippen molar-refractivity contribution >= 4 is 33.5 Å².